The topological polar surface area (TPSA) is 69.0 Å². The Morgan fingerprint density at radius 2 is 1.65 bits per heavy atom. The van der Waals surface area contributed by atoms with E-state index in [4.69, 9.17) is 13.9 Å². The van der Waals surface area contributed by atoms with Gasteiger partial charge in [0.1, 0.15) is 12.2 Å². The van der Waals surface area contributed by atoms with Gasteiger partial charge < -0.3 is 13.9 Å². The van der Waals surface area contributed by atoms with Crippen LogP contribution in [0, 0.1) is 6.92 Å². The fourth-order valence-electron chi connectivity index (χ4n) is 5.05. The molecular formula is C33H26BrNO5. The van der Waals surface area contributed by atoms with Crippen molar-refractivity contribution in [2.75, 3.05) is 11.5 Å². The normalized spacial score (nSPS) is 14.4. The number of carbonyl (C=O) groups is 1. The van der Waals surface area contributed by atoms with Crippen LogP contribution in [0.2, 0.25) is 0 Å². The van der Waals surface area contributed by atoms with Gasteiger partial charge in [0.25, 0.3) is 5.91 Å². The zero-order valence-electron chi connectivity index (χ0n) is 22.0. The molecule has 4 aromatic carbocycles. The van der Waals surface area contributed by atoms with Crippen molar-refractivity contribution in [2.45, 2.75) is 26.5 Å². The summed E-state index contributed by atoms with van der Waals surface area (Å²) >= 11 is 3.45. The van der Waals surface area contributed by atoms with Gasteiger partial charge in [-0.1, -0.05) is 70.0 Å². The number of rotatable bonds is 7. The maximum atomic E-state index is 14.0. The Hall–Kier alpha value is -4.36. The third-order valence-corrected chi connectivity index (χ3v) is 7.46. The van der Waals surface area contributed by atoms with E-state index in [0.717, 1.165) is 15.6 Å². The molecule has 1 atom stereocenters. The van der Waals surface area contributed by atoms with Crippen molar-refractivity contribution < 1.29 is 18.7 Å². The lowest BCUT2D eigenvalue weighted by atomic mass is 9.97. The lowest BCUT2D eigenvalue weighted by molar-refractivity contribution is 0.0971. The highest BCUT2D eigenvalue weighted by atomic mass is 79.9. The summed E-state index contributed by atoms with van der Waals surface area (Å²) in [5.41, 5.74) is 3.90. The van der Waals surface area contributed by atoms with Gasteiger partial charge in [0.2, 0.25) is 5.76 Å². The minimum Gasteiger partial charge on any atom is -0.490 e. The summed E-state index contributed by atoms with van der Waals surface area (Å²) in [6.07, 6.45) is 0. The number of hydrogen-bond donors (Lipinski definition) is 0. The van der Waals surface area contributed by atoms with E-state index in [-0.39, 0.29) is 17.1 Å². The van der Waals surface area contributed by atoms with E-state index in [9.17, 15) is 9.59 Å². The third-order valence-electron chi connectivity index (χ3n) is 6.96. The first-order chi connectivity index (χ1) is 19.4. The van der Waals surface area contributed by atoms with Crippen molar-refractivity contribution in [3.05, 3.63) is 134 Å². The molecule has 2 heterocycles. The van der Waals surface area contributed by atoms with Gasteiger partial charge >= 0.3 is 0 Å². The summed E-state index contributed by atoms with van der Waals surface area (Å²) in [5, 5.41) is 0.407. The zero-order chi connectivity index (χ0) is 27.8. The highest BCUT2D eigenvalue weighted by molar-refractivity contribution is 9.10. The fourth-order valence-corrected chi connectivity index (χ4v) is 5.41. The van der Waals surface area contributed by atoms with Crippen LogP contribution in [-0.2, 0) is 6.61 Å². The van der Waals surface area contributed by atoms with E-state index in [1.165, 1.54) is 0 Å². The van der Waals surface area contributed by atoms with Crippen LogP contribution in [0.25, 0.3) is 11.0 Å². The van der Waals surface area contributed by atoms with Gasteiger partial charge in [-0.15, -0.1) is 0 Å². The number of fused-ring (bicyclic) bond motifs is 2. The maximum absolute atomic E-state index is 14.0. The number of amides is 1. The molecule has 0 saturated carbocycles. The number of ether oxygens (including phenoxy) is 2. The smallest absolute Gasteiger partial charge is 0.295 e. The van der Waals surface area contributed by atoms with Gasteiger partial charge in [0, 0.05) is 10.2 Å². The van der Waals surface area contributed by atoms with Crippen LogP contribution in [0.5, 0.6) is 11.5 Å². The SMILES string of the molecule is CCOc1cc(C2c3c(oc4ccc(Br)cc4c3=O)C(=O)N2c2ccc(C)cc2)ccc1OCc1ccccc1. The second-order valence-corrected chi connectivity index (χ2v) is 10.6. The molecule has 0 saturated heterocycles. The fraction of sp³-hybridized carbons (Fsp3) is 0.152. The van der Waals surface area contributed by atoms with E-state index >= 15 is 0 Å². The Balaban J connectivity index is 1.50. The van der Waals surface area contributed by atoms with Gasteiger partial charge in [-0.25, -0.2) is 0 Å². The Labute approximate surface area is 239 Å². The predicted molar refractivity (Wildman–Crippen MR) is 158 cm³/mol. The second kappa shape index (κ2) is 10.7. The summed E-state index contributed by atoms with van der Waals surface area (Å²) in [6, 6.07) is 27.6. The Kier molecular flexibility index (Phi) is 6.90. The van der Waals surface area contributed by atoms with Crippen LogP contribution >= 0.6 is 15.9 Å². The van der Waals surface area contributed by atoms with Crippen molar-refractivity contribution in [3.8, 4) is 11.5 Å². The molecule has 0 radical (unpaired) electrons. The van der Waals surface area contributed by atoms with E-state index in [1.54, 1.807) is 23.1 Å². The molecule has 7 heteroatoms. The lowest BCUT2D eigenvalue weighted by Gasteiger charge is -2.26. The Morgan fingerprint density at radius 3 is 2.40 bits per heavy atom. The van der Waals surface area contributed by atoms with Crippen molar-refractivity contribution in [1.82, 2.24) is 0 Å². The molecule has 1 amide bonds. The van der Waals surface area contributed by atoms with Crippen molar-refractivity contribution in [1.29, 1.82) is 0 Å². The number of carbonyl (C=O) groups excluding carboxylic acids is 1. The van der Waals surface area contributed by atoms with Crippen LogP contribution < -0.4 is 19.8 Å². The highest BCUT2D eigenvalue weighted by Gasteiger charge is 2.44. The Bertz CT molecular complexity index is 1780. The van der Waals surface area contributed by atoms with E-state index in [0.29, 0.717) is 52.5 Å². The monoisotopic (exact) mass is 595 g/mol. The third kappa shape index (κ3) is 4.67. The van der Waals surface area contributed by atoms with E-state index < -0.39 is 6.04 Å². The summed E-state index contributed by atoms with van der Waals surface area (Å²) in [4.78, 5) is 29.5. The van der Waals surface area contributed by atoms with Gasteiger partial charge in [-0.3, -0.25) is 14.5 Å². The van der Waals surface area contributed by atoms with E-state index in [1.807, 2.05) is 86.6 Å². The quantitative estimate of drug-likeness (QED) is 0.194. The van der Waals surface area contributed by atoms with Crippen LogP contribution in [-0.4, -0.2) is 12.5 Å². The number of hydrogen-bond acceptors (Lipinski definition) is 5. The molecule has 0 bridgehead atoms. The van der Waals surface area contributed by atoms with Crippen molar-refractivity contribution in [3.63, 3.8) is 0 Å². The number of anilines is 1. The first kappa shape index (κ1) is 25.9. The number of benzene rings is 4. The van der Waals surface area contributed by atoms with Gasteiger partial charge in [-0.05, 0) is 67.4 Å². The van der Waals surface area contributed by atoms with Crippen LogP contribution in [0.1, 0.15) is 45.8 Å². The molecule has 6 rings (SSSR count). The molecular weight excluding hydrogens is 570 g/mol. The molecule has 1 unspecified atom stereocenters. The first-order valence-electron chi connectivity index (χ1n) is 13.0. The molecule has 0 N–H and O–H groups in total. The molecule has 1 aliphatic rings. The van der Waals surface area contributed by atoms with Crippen molar-refractivity contribution >= 4 is 38.5 Å². The molecule has 1 aliphatic heterocycles. The molecule has 6 nitrogen and oxygen atoms in total. The maximum Gasteiger partial charge on any atom is 0.295 e. The molecule has 0 fully saturated rings. The number of aryl methyl sites for hydroxylation is 1. The molecule has 0 spiro atoms. The van der Waals surface area contributed by atoms with Crippen LogP contribution in [0.4, 0.5) is 5.69 Å². The van der Waals surface area contributed by atoms with Crippen LogP contribution in [0.3, 0.4) is 0 Å². The lowest BCUT2D eigenvalue weighted by Crippen LogP contribution is -2.29. The zero-order valence-corrected chi connectivity index (χ0v) is 23.6. The molecule has 200 valence electrons. The summed E-state index contributed by atoms with van der Waals surface area (Å²) < 4.78 is 18.9. The summed E-state index contributed by atoms with van der Waals surface area (Å²) in [6.45, 7) is 4.69. The minimum atomic E-state index is -0.716. The predicted octanol–water partition coefficient (Wildman–Crippen LogP) is 7.59. The molecule has 1 aromatic heterocycles. The average Bonchev–Trinajstić information content (AvgIpc) is 3.26. The van der Waals surface area contributed by atoms with E-state index in [2.05, 4.69) is 15.9 Å². The van der Waals surface area contributed by atoms with Crippen LogP contribution in [0.15, 0.2) is 105 Å². The minimum absolute atomic E-state index is 0.0489. The number of nitrogens with zero attached hydrogens (tertiary/aromatic N) is 1. The van der Waals surface area contributed by atoms with Gasteiger partial charge in [-0.2, -0.15) is 0 Å². The number of halogens is 1. The molecule has 0 aliphatic carbocycles. The Morgan fingerprint density at radius 1 is 0.875 bits per heavy atom. The summed E-state index contributed by atoms with van der Waals surface area (Å²) in [7, 11) is 0. The second-order valence-electron chi connectivity index (χ2n) is 9.64. The van der Waals surface area contributed by atoms with Gasteiger partial charge in [0.15, 0.2) is 16.9 Å². The average molecular weight is 596 g/mol. The first-order valence-corrected chi connectivity index (χ1v) is 13.8. The van der Waals surface area contributed by atoms with Crippen molar-refractivity contribution in [2.24, 2.45) is 0 Å². The standard InChI is InChI=1S/C33H26BrNO5/c1-3-38-28-17-22(11-15-27(28)39-19-21-7-5-4-6-8-21)30-29-31(36)25-18-23(34)12-16-26(25)40-32(29)33(37)35(30)24-13-9-20(2)10-14-24/h4-18,30H,3,19H2,1-2H3. The molecule has 5 aromatic rings. The largest absolute Gasteiger partial charge is 0.490 e. The summed E-state index contributed by atoms with van der Waals surface area (Å²) in [5.74, 6) is 0.796. The highest BCUT2D eigenvalue weighted by Crippen LogP contribution is 2.43. The molecule has 40 heavy (non-hydrogen) atoms. The van der Waals surface area contributed by atoms with Gasteiger partial charge in [0.05, 0.1) is 23.6 Å².